The van der Waals surface area contributed by atoms with Gasteiger partial charge in [-0.15, -0.1) is 0 Å². The van der Waals surface area contributed by atoms with Crippen LogP contribution in [0.2, 0.25) is 10.0 Å². The Morgan fingerprint density at radius 2 is 1.95 bits per heavy atom. The van der Waals surface area contributed by atoms with E-state index >= 15 is 0 Å². The Labute approximate surface area is 137 Å². The smallest absolute Gasteiger partial charge is 0.272 e. The molecule has 8 heteroatoms. The van der Waals surface area contributed by atoms with E-state index in [4.69, 9.17) is 27.9 Å². The summed E-state index contributed by atoms with van der Waals surface area (Å²) in [6, 6.07) is 2.62. The van der Waals surface area contributed by atoms with Gasteiger partial charge in [-0.1, -0.05) is 23.2 Å². The second kappa shape index (κ2) is 7.05. The van der Waals surface area contributed by atoms with Crippen LogP contribution < -0.4 is 5.32 Å². The molecule has 0 radical (unpaired) electrons. The topological polar surface area (TPSA) is 64.4 Å². The van der Waals surface area contributed by atoms with E-state index in [1.54, 1.807) is 11.8 Å². The minimum atomic E-state index is -0.511. The van der Waals surface area contributed by atoms with Gasteiger partial charge in [0.1, 0.15) is 0 Å². The first-order valence-electron chi connectivity index (χ1n) is 6.48. The number of hydrogen-bond donors (Lipinski definition) is 1. The zero-order valence-corrected chi connectivity index (χ0v) is 13.9. The highest BCUT2D eigenvalue weighted by Crippen LogP contribution is 2.38. The minimum Gasteiger partial charge on any atom is -0.381 e. The average Bonchev–Trinajstić information content (AvgIpc) is 2.47. The Bertz CT molecular complexity index is 513. The molecule has 1 N–H and O–H groups in total. The summed E-state index contributed by atoms with van der Waals surface area (Å²) in [6.07, 6.45) is 3.97. The summed E-state index contributed by atoms with van der Waals surface area (Å²) in [5.41, 5.74) is 0.435. The molecule has 0 atom stereocenters. The lowest BCUT2D eigenvalue weighted by atomic mass is 9.99. The van der Waals surface area contributed by atoms with Crippen LogP contribution in [0, 0.1) is 10.1 Å². The van der Waals surface area contributed by atoms with Crippen molar-refractivity contribution in [2.75, 3.05) is 31.3 Å². The molecule has 0 spiro atoms. The van der Waals surface area contributed by atoms with E-state index < -0.39 is 4.92 Å². The van der Waals surface area contributed by atoms with Crippen LogP contribution in [0.3, 0.4) is 0 Å². The van der Waals surface area contributed by atoms with E-state index in [0.29, 0.717) is 12.2 Å². The second-order valence-electron chi connectivity index (χ2n) is 4.89. The van der Waals surface area contributed by atoms with Crippen molar-refractivity contribution in [2.24, 2.45) is 0 Å². The summed E-state index contributed by atoms with van der Waals surface area (Å²) < 4.78 is 5.48. The first-order chi connectivity index (χ1) is 9.97. The standard InChI is InChI=1S/C13H16Cl2N2O3S/c1-21-13(2-4-20-5-3-13)8-16-12-10(14)6-9(17(18)19)7-11(12)15/h6-7,16H,2-5,8H2,1H3. The first kappa shape index (κ1) is 16.7. The molecule has 2 rings (SSSR count). The van der Waals surface area contributed by atoms with Gasteiger partial charge in [0.2, 0.25) is 0 Å². The van der Waals surface area contributed by atoms with Gasteiger partial charge in [-0.3, -0.25) is 10.1 Å². The number of nitrogens with zero attached hydrogens (tertiary/aromatic N) is 1. The Kier molecular flexibility index (Phi) is 5.60. The van der Waals surface area contributed by atoms with E-state index in [-0.39, 0.29) is 20.5 Å². The molecule has 1 aliphatic heterocycles. The maximum atomic E-state index is 10.8. The predicted molar refractivity (Wildman–Crippen MR) is 87.9 cm³/mol. The van der Waals surface area contributed by atoms with Crippen LogP contribution in [0.5, 0.6) is 0 Å². The first-order valence-corrected chi connectivity index (χ1v) is 8.46. The summed E-state index contributed by atoms with van der Waals surface area (Å²) in [4.78, 5) is 10.3. The Morgan fingerprint density at radius 3 is 2.43 bits per heavy atom. The molecule has 0 unspecified atom stereocenters. The van der Waals surface area contributed by atoms with Gasteiger partial charge in [0.15, 0.2) is 0 Å². The van der Waals surface area contributed by atoms with Crippen LogP contribution in [0.15, 0.2) is 12.1 Å². The van der Waals surface area contributed by atoms with Gasteiger partial charge >= 0.3 is 0 Å². The molecule has 0 amide bonds. The number of anilines is 1. The van der Waals surface area contributed by atoms with Crippen molar-refractivity contribution >= 4 is 46.3 Å². The zero-order valence-electron chi connectivity index (χ0n) is 11.5. The Hall–Kier alpha value is -0.690. The lowest BCUT2D eigenvalue weighted by molar-refractivity contribution is -0.384. The monoisotopic (exact) mass is 350 g/mol. The Morgan fingerprint density at radius 1 is 1.38 bits per heavy atom. The zero-order chi connectivity index (χ0) is 15.5. The maximum absolute atomic E-state index is 10.8. The van der Waals surface area contributed by atoms with E-state index in [1.165, 1.54) is 12.1 Å². The summed E-state index contributed by atoms with van der Waals surface area (Å²) >= 11 is 14.0. The molecule has 0 aliphatic carbocycles. The van der Waals surface area contributed by atoms with Crippen molar-refractivity contribution in [3.8, 4) is 0 Å². The van der Waals surface area contributed by atoms with Crippen LogP contribution in [-0.4, -0.2) is 35.7 Å². The average molecular weight is 351 g/mol. The maximum Gasteiger partial charge on any atom is 0.272 e. The number of non-ortho nitro benzene ring substituents is 1. The molecule has 1 saturated heterocycles. The fourth-order valence-electron chi connectivity index (χ4n) is 2.28. The predicted octanol–water partition coefficient (Wildman–Crippen LogP) is 4.23. The second-order valence-corrected chi connectivity index (χ2v) is 6.98. The number of nitro groups is 1. The highest BCUT2D eigenvalue weighted by Gasteiger charge is 2.32. The molecule has 0 bridgehead atoms. The number of nitro benzene ring substituents is 1. The number of thioether (sulfide) groups is 1. The molecular formula is C13H16Cl2N2O3S. The highest BCUT2D eigenvalue weighted by atomic mass is 35.5. The molecular weight excluding hydrogens is 335 g/mol. The molecule has 1 aromatic rings. The number of ether oxygens (including phenoxy) is 1. The summed E-state index contributed by atoms with van der Waals surface area (Å²) in [6.45, 7) is 2.17. The van der Waals surface area contributed by atoms with Crippen LogP contribution in [0.25, 0.3) is 0 Å². The summed E-state index contributed by atoms with van der Waals surface area (Å²) in [5, 5.41) is 14.5. The van der Waals surface area contributed by atoms with Crippen LogP contribution in [-0.2, 0) is 4.74 Å². The van der Waals surface area contributed by atoms with Crippen molar-refractivity contribution in [1.82, 2.24) is 0 Å². The number of nitrogens with one attached hydrogen (secondary N) is 1. The third-order valence-corrected chi connectivity index (χ3v) is 5.68. The van der Waals surface area contributed by atoms with E-state index in [2.05, 4.69) is 11.6 Å². The minimum absolute atomic E-state index is 0.0761. The molecule has 1 heterocycles. The van der Waals surface area contributed by atoms with Crippen LogP contribution in [0.1, 0.15) is 12.8 Å². The number of hydrogen-bond acceptors (Lipinski definition) is 5. The largest absolute Gasteiger partial charge is 0.381 e. The highest BCUT2D eigenvalue weighted by molar-refractivity contribution is 8.00. The third kappa shape index (κ3) is 3.94. The molecule has 0 saturated carbocycles. The van der Waals surface area contributed by atoms with Crippen LogP contribution in [0.4, 0.5) is 11.4 Å². The van der Waals surface area contributed by atoms with Crippen molar-refractivity contribution in [3.63, 3.8) is 0 Å². The van der Waals surface area contributed by atoms with Gasteiger partial charge < -0.3 is 10.1 Å². The molecule has 21 heavy (non-hydrogen) atoms. The molecule has 116 valence electrons. The number of halogens is 2. The molecule has 0 aromatic heterocycles. The quantitative estimate of drug-likeness (QED) is 0.635. The molecule has 1 fully saturated rings. The van der Waals surface area contributed by atoms with Gasteiger partial charge in [-0.05, 0) is 19.1 Å². The normalized spacial score (nSPS) is 17.5. The lowest BCUT2D eigenvalue weighted by Gasteiger charge is -2.36. The summed E-state index contributed by atoms with van der Waals surface area (Å²) in [5.74, 6) is 0. The van der Waals surface area contributed by atoms with Gasteiger partial charge in [0, 0.05) is 36.6 Å². The third-order valence-electron chi connectivity index (χ3n) is 3.66. The number of benzene rings is 1. The molecule has 5 nitrogen and oxygen atoms in total. The van der Waals surface area contributed by atoms with Gasteiger partial charge in [-0.2, -0.15) is 11.8 Å². The Balaban J connectivity index is 2.14. The fourth-order valence-corrected chi connectivity index (χ4v) is 3.68. The van der Waals surface area contributed by atoms with E-state index in [9.17, 15) is 10.1 Å². The SMILES string of the molecule is CSC1(CNc2c(Cl)cc([N+](=O)[O-])cc2Cl)CCOCC1. The van der Waals surface area contributed by atoms with Gasteiger partial charge in [0.05, 0.1) is 20.7 Å². The van der Waals surface area contributed by atoms with Crippen molar-refractivity contribution in [3.05, 3.63) is 32.3 Å². The van der Waals surface area contributed by atoms with E-state index in [1.807, 2.05) is 0 Å². The van der Waals surface area contributed by atoms with Gasteiger partial charge in [0.25, 0.3) is 5.69 Å². The van der Waals surface area contributed by atoms with Crippen molar-refractivity contribution < 1.29 is 9.66 Å². The summed E-state index contributed by atoms with van der Waals surface area (Å²) in [7, 11) is 0. The fraction of sp³-hybridized carbons (Fsp3) is 0.538. The molecule has 1 aliphatic rings. The number of rotatable bonds is 5. The van der Waals surface area contributed by atoms with E-state index in [0.717, 1.165) is 26.1 Å². The lowest BCUT2D eigenvalue weighted by Crippen LogP contribution is -2.39. The van der Waals surface area contributed by atoms with Crippen molar-refractivity contribution in [1.29, 1.82) is 0 Å². The van der Waals surface area contributed by atoms with Gasteiger partial charge in [-0.25, -0.2) is 0 Å². The molecule has 1 aromatic carbocycles. The van der Waals surface area contributed by atoms with Crippen molar-refractivity contribution in [2.45, 2.75) is 17.6 Å². The van der Waals surface area contributed by atoms with Crippen LogP contribution >= 0.6 is 35.0 Å².